The second-order valence-corrected chi connectivity index (χ2v) is 7.46. The van der Waals surface area contributed by atoms with Crippen LogP contribution in [0.15, 0.2) is 60.9 Å². The third-order valence-electron chi connectivity index (χ3n) is 4.71. The van der Waals surface area contributed by atoms with E-state index >= 15 is 0 Å². The quantitative estimate of drug-likeness (QED) is 0.401. The first-order chi connectivity index (χ1) is 13.9. The lowest BCUT2D eigenvalue weighted by Crippen LogP contribution is -2.14. The fourth-order valence-electron chi connectivity index (χ4n) is 3.18. The van der Waals surface area contributed by atoms with E-state index in [1.807, 2.05) is 24.3 Å². The standard InChI is InChI=1S/C22H16Cl2FN3O/c1-12-9-19(27-11-18(12)25)28-20(14-5-7-16(23)17(24)10-14)15-6-4-13-3-2-8-26-21(13)22(15)29/h2-11,20,29H,1H3,(H,27,28). The number of nitrogens with one attached hydrogen (secondary N) is 1. The number of anilines is 1. The van der Waals surface area contributed by atoms with Crippen LogP contribution in [0.4, 0.5) is 10.2 Å². The molecule has 0 aliphatic rings. The number of fused-ring (bicyclic) bond motifs is 1. The third kappa shape index (κ3) is 3.84. The molecule has 2 heterocycles. The summed E-state index contributed by atoms with van der Waals surface area (Å²) in [7, 11) is 0. The van der Waals surface area contributed by atoms with Crippen LogP contribution in [0.2, 0.25) is 10.0 Å². The molecule has 0 radical (unpaired) electrons. The summed E-state index contributed by atoms with van der Waals surface area (Å²) in [6.45, 7) is 1.66. The van der Waals surface area contributed by atoms with E-state index in [1.165, 1.54) is 0 Å². The normalized spacial score (nSPS) is 12.1. The highest BCUT2D eigenvalue weighted by Gasteiger charge is 2.21. The minimum atomic E-state index is -0.520. The molecule has 0 aliphatic carbocycles. The van der Waals surface area contributed by atoms with Crippen molar-refractivity contribution in [3.8, 4) is 5.75 Å². The minimum Gasteiger partial charge on any atom is -0.505 e. The lowest BCUT2D eigenvalue weighted by molar-refractivity contribution is 0.471. The molecular weight excluding hydrogens is 412 g/mol. The molecular formula is C22H16Cl2FN3O. The van der Waals surface area contributed by atoms with Crippen molar-refractivity contribution in [3.63, 3.8) is 0 Å². The molecule has 2 N–H and O–H groups in total. The Hall–Kier alpha value is -2.89. The van der Waals surface area contributed by atoms with Gasteiger partial charge >= 0.3 is 0 Å². The number of aromatic nitrogens is 2. The molecule has 2 aromatic heterocycles. The Morgan fingerprint density at radius 2 is 1.86 bits per heavy atom. The number of hydrogen-bond donors (Lipinski definition) is 2. The summed E-state index contributed by atoms with van der Waals surface area (Å²) in [4.78, 5) is 8.41. The first-order valence-corrected chi connectivity index (χ1v) is 9.60. The highest BCUT2D eigenvalue weighted by atomic mass is 35.5. The summed E-state index contributed by atoms with van der Waals surface area (Å²) < 4.78 is 13.6. The molecule has 2 aromatic carbocycles. The monoisotopic (exact) mass is 427 g/mol. The van der Waals surface area contributed by atoms with Gasteiger partial charge in [0.15, 0.2) is 0 Å². The van der Waals surface area contributed by atoms with E-state index in [2.05, 4.69) is 15.3 Å². The first kappa shape index (κ1) is 19.4. The van der Waals surface area contributed by atoms with E-state index in [0.717, 1.165) is 17.1 Å². The molecule has 29 heavy (non-hydrogen) atoms. The number of hydrogen-bond acceptors (Lipinski definition) is 4. The molecule has 1 atom stereocenters. The predicted octanol–water partition coefficient (Wildman–Crippen LogP) is 6.29. The maximum absolute atomic E-state index is 13.6. The number of phenols is 1. The van der Waals surface area contributed by atoms with Crippen LogP contribution < -0.4 is 5.32 Å². The van der Waals surface area contributed by atoms with Crippen LogP contribution in [0, 0.1) is 12.7 Å². The van der Waals surface area contributed by atoms with Gasteiger partial charge in [0.05, 0.1) is 22.3 Å². The number of benzene rings is 2. The molecule has 1 unspecified atom stereocenters. The lowest BCUT2D eigenvalue weighted by Gasteiger charge is -2.22. The summed E-state index contributed by atoms with van der Waals surface area (Å²) in [5.74, 6) is 0.116. The Morgan fingerprint density at radius 3 is 2.62 bits per heavy atom. The van der Waals surface area contributed by atoms with Crippen molar-refractivity contribution in [2.24, 2.45) is 0 Å². The van der Waals surface area contributed by atoms with Gasteiger partial charge in [0, 0.05) is 17.1 Å². The smallest absolute Gasteiger partial charge is 0.147 e. The maximum Gasteiger partial charge on any atom is 0.147 e. The van der Waals surface area contributed by atoms with Gasteiger partial charge in [-0.1, -0.05) is 47.5 Å². The number of phenolic OH excluding ortho intramolecular Hbond substituents is 1. The van der Waals surface area contributed by atoms with Crippen molar-refractivity contribution < 1.29 is 9.50 Å². The van der Waals surface area contributed by atoms with E-state index in [9.17, 15) is 9.50 Å². The Morgan fingerprint density at radius 1 is 1.03 bits per heavy atom. The van der Waals surface area contributed by atoms with Crippen molar-refractivity contribution >= 4 is 39.9 Å². The zero-order valence-corrected chi connectivity index (χ0v) is 16.8. The molecule has 0 spiro atoms. The fourth-order valence-corrected chi connectivity index (χ4v) is 3.48. The molecule has 0 saturated heterocycles. The van der Waals surface area contributed by atoms with Crippen LogP contribution in [0.25, 0.3) is 10.9 Å². The highest BCUT2D eigenvalue weighted by molar-refractivity contribution is 6.42. The number of aromatic hydroxyl groups is 1. The average Bonchev–Trinajstić information content (AvgIpc) is 2.72. The SMILES string of the molecule is Cc1cc(NC(c2ccc(Cl)c(Cl)c2)c2ccc3cccnc3c2O)ncc1F. The molecule has 4 rings (SSSR count). The van der Waals surface area contributed by atoms with Crippen LogP contribution in [-0.2, 0) is 0 Å². The van der Waals surface area contributed by atoms with E-state index < -0.39 is 6.04 Å². The van der Waals surface area contributed by atoms with Gasteiger partial charge in [-0.15, -0.1) is 0 Å². The second-order valence-electron chi connectivity index (χ2n) is 6.65. The largest absolute Gasteiger partial charge is 0.505 e. The van der Waals surface area contributed by atoms with Crippen molar-refractivity contribution in [3.05, 3.63) is 93.5 Å². The average molecular weight is 428 g/mol. The molecule has 0 fully saturated rings. The molecule has 4 nitrogen and oxygen atoms in total. The number of pyridine rings is 2. The summed E-state index contributed by atoms with van der Waals surface area (Å²) in [6.07, 6.45) is 2.78. The topological polar surface area (TPSA) is 58.0 Å². The molecule has 0 aliphatic heterocycles. The Balaban J connectivity index is 1.86. The number of halogens is 3. The summed E-state index contributed by atoms with van der Waals surface area (Å²) in [5.41, 5.74) is 2.28. The molecule has 4 aromatic rings. The van der Waals surface area contributed by atoms with Crippen LogP contribution >= 0.6 is 23.2 Å². The van der Waals surface area contributed by atoms with Crippen LogP contribution in [0.1, 0.15) is 22.7 Å². The molecule has 0 saturated carbocycles. The van der Waals surface area contributed by atoms with E-state index in [1.54, 1.807) is 37.4 Å². The Labute approximate surface area is 177 Å². The molecule has 0 amide bonds. The highest BCUT2D eigenvalue weighted by Crippen LogP contribution is 2.37. The summed E-state index contributed by atoms with van der Waals surface area (Å²) >= 11 is 12.3. The van der Waals surface area contributed by atoms with Crippen molar-refractivity contribution in [1.82, 2.24) is 9.97 Å². The molecule has 0 bridgehead atoms. The van der Waals surface area contributed by atoms with E-state index in [0.29, 0.717) is 32.5 Å². The summed E-state index contributed by atoms with van der Waals surface area (Å²) in [6, 6.07) is 13.7. The molecule has 7 heteroatoms. The fraction of sp³-hybridized carbons (Fsp3) is 0.0909. The zero-order valence-electron chi connectivity index (χ0n) is 15.3. The number of aryl methyl sites for hydroxylation is 1. The van der Waals surface area contributed by atoms with Crippen LogP contribution in [0.5, 0.6) is 5.75 Å². The molecule has 146 valence electrons. The number of rotatable bonds is 4. The second kappa shape index (κ2) is 7.85. The van der Waals surface area contributed by atoms with Gasteiger partial charge < -0.3 is 10.4 Å². The minimum absolute atomic E-state index is 0.0468. The van der Waals surface area contributed by atoms with Crippen molar-refractivity contribution in [2.45, 2.75) is 13.0 Å². The lowest BCUT2D eigenvalue weighted by atomic mass is 9.96. The Bertz CT molecular complexity index is 1220. The van der Waals surface area contributed by atoms with Gasteiger partial charge in [0.2, 0.25) is 0 Å². The van der Waals surface area contributed by atoms with Crippen LogP contribution in [0.3, 0.4) is 0 Å². The van der Waals surface area contributed by atoms with Crippen molar-refractivity contribution in [1.29, 1.82) is 0 Å². The predicted molar refractivity (Wildman–Crippen MR) is 114 cm³/mol. The van der Waals surface area contributed by atoms with Crippen molar-refractivity contribution in [2.75, 3.05) is 5.32 Å². The van der Waals surface area contributed by atoms with Gasteiger partial charge in [-0.25, -0.2) is 9.37 Å². The van der Waals surface area contributed by atoms with E-state index in [-0.39, 0.29) is 11.6 Å². The summed E-state index contributed by atoms with van der Waals surface area (Å²) in [5, 5.41) is 15.8. The van der Waals surface area contributed by atoms with Gasteiger partial charge in [-0.3, -0.25) is 4.98 Å². The Kier molecular flexibility index (Phi) is 5.26. The van der Waals surface area contributed by atoms with Gasteiger partial charge in [0.1, 0.15) is 22.9 Å². The zero-order chi connectivity index (χ0) is 20.5. The third-order valence-corrected chi connectivity index (χ3v) is 5.45. The van der Waals surface area contributed by atoms with Gasteiger partial charge in [-0.2, -0.15) is 0 Å². The maximum atomic E-state index is 13.6. The van der Waals surface area contributed by atoms with Crippen LogP contribution in [-0.4, -0.2) is 15.1 Å². The van der Waals surface area contributed by atoms with E-state index in [4.69, 9.17) is 23.2 Å². The number of nitrogens with zero attached hydrogens (tertiary/aromatic N) is 2. The van der Waals surface area contributed by atoms with Gasteiger partial charge in [0.25, 0.3) is 0 Å². The first-order valence-electron chi connectivity index (χ1n) is 8.84. The van der Waals surface area contributed by atoms with Gasteiger partial charge in [-0.05, 0) is 42.3 Å².